The standard InChI is InChI=1S/C17H14N2O2S/c1-2-10-21-17(20)15-14(18)12-8-9-13(19-16(12)22-15)11-6-4-3-5-7-11/h2-9H,1,10,18H2. The van der Waals surface area contributed by atoms with Crippen molar-refractivity contribution in [3.05, 3.63) is 60.0 Å². The largest absolute Gasteiger partial charge is 0.457 e. The lowest BCUT2D eigenvalue weighted by Gasteiger charge is -2.00. The highest BCUT2D eigenvalue weighted by Gasteiger charge is 2.18. The molecule has 0 spiro atoms. The highest BCUT2D eigenvalue weighted by Crippen LogP contribution is 2.34. The van der Waals surface area contributed by atoms with Crippen molar-refractivity contribution in [2.24, 2.45) is 0 Å². The maximum Gasteiger partial charge on any atom is 0.350 e. The van der Waals surface area contributed by atoms with Crippen molar-refractivity contribution in [1.29, 1.82) is 0 Å². The summed E-state index contributed by atoms with van der Waals surface area (Å²) in [5.74, 6) is -0.443. The molecule has 3 rings (SSSR count). The number of aromatic nitrogens is 1. The molecule has 2 heterocycles. The molecule has 22 heavy (non-hydrogen) atoms. The van der Waals surface area contributed by atoms with Gasteiger partial charge < -0.3 is 10.5 Å². The third-order valence-corrected chi connectivity index (χ3v) is 4.28. The number of pyridine rings is 1. The van der Waals surface area contributed by atoms with Gasteiger partial charge in [-0.3, -0.25) is 0 Å². The number of nitrogens with zero attached hydrogens (tertiary/aromatic N) is 1. The minimum atomic E-state index is -0.443. The van der Waals surface area contributed by atoms with Gasteiger partial charge in [-0.05, 0) is 12.1 Å². The van der Waals surface area contributed by atoms with Gasteiger partial charge in [-0.2, -0.15) is 0 Å². The molecule has 0 atom stereocenters. The Morgan fingerprint density at radius 2 is 2.05 bits per heavy atom. The molecule has 0 radical (unpaired) electrons. The van der Waals surface area contributed by atoms with Crippen molar-refractivity contribution in [3.63, 3.8) is 0 Å². The predicted octanol–water partition coefficient (Wildman–Crippen LogP) is 3.89. The van der Waals surface area contributed by atoms with Crippen LogP contribution in [0.5, 0.6) is 0 Å². The summed E-state index contributed by atoms with van der Waals surface area (Å²) in [6, 6.07) is 13.7. The lowest BCUT2D eigenvalue weighted by molar-refractivity contribution is 0.0556. The third kappa shape index (κ3) is 2.58. The zero-order valence-electron chi connectivity index (χ0n) is 11.8. The minimum Gasteiger partial charge on any atom is -0.457 e. The molecule has 110 valence electrons. The maximum absolute atomic E-state index is 12.0. The van der Waals surface area contributed by atoms with Crippen molar-refractivity contribution in [1.82, 2.24) is 4.98 Å². The van der Waals surface area contributed by atoms with E-state index in [0.717, 1.165) is 21.5 Å². The van der Waals surface area contributed by atoms with E-state index < -0.39 is 5.97 Å². The summed E-state index contributed by atoms with van der Waals surface area (Å²) in [4.78, 5) is 17.7. The number of carbonyl (C=O) groups excluding carboxylic acids is 1. The van der Waals surface area contributed by atoms with Gasteiger partial charge in [0.2, 0.25) is 0 Å². The normalized spacial score (nSPS) is 10.5. The van der Waals surface area contributed by atoms with Crippen molar-refractivity contribution >= 4 is 33.2 Å². The molecule has 0 aliphatic carbocycles. The lowest BCUT2D eigenvalue weighted by atomic mass is 10.1. The Labute approximate surface area is 131 Å². The molecule has 1 aromatic carbocycles. The Hall–Kier alpha value is -2.66. The van der Waals surface area contributed by atoms with Crippen LogP contribution in [-0.2, 0) is 4.74 Å². The van der Waals surface area contributed by atoms with Crippen LogP contribution in [0.3, 0.4) is 0 Å². The maximum atomic E-state index is 12.0. The molecule has 0 aliphatic rings. The highest BCUT2D eigenvalue weighted by atomic mass is 32.1. The fourth-order valence-corrected chi connectivity index (χ4v) is 3.11. The van der Waals surface area contributed by atoms with Gasteiger partial charge in [-0.15, -0.1) is 11.3 Å². The van der Waals surface area contributed by atoms with Gasteiger partial charge in [0.1, 0.15) is 16.3 Å². The molecule has 3 aromatic rings. The molecule has 5 heteroatoms. The average Bonchev–Trinajstić information content (AvgIpc) is 2.90. The quantitative estimate of drug-likeness (QED) is 0.586. The van der Waals surface area contributed by atoms with Gasteiger partial charge in [-0.1, -0.05) is 43.0 Å². The number of carbonyl (C=O) groups is 1. The molecule has 0 amide bonds. The number of hydrogen-bond donors (Lipinski definition) is 1. The Bertz CT molecular complexity index is 840. The number of esters is 1. The van der Waals surface area contributed by atoms with Gasteiger partial charge in [0.25, 0.3) is 0 Å². The number of fused-ring (bicyclic) bond motifs is 1. The van der Waals surface area contributed by atoms with E-state index in [-0.39, 0.29) is 6.61 Å². The van der Waals surface area contributed by atoms with Crippen LogP contribution in [0.4, 0.5) is 5.69 Å². The Kier molecular flexibility index (Phi) is 3.89. The molecular weight excluding hydrogens is 296 g/mol. The number of nitrogens with two attached hydrogens (primary N) is 1. The van der Waals surface area contributed by atoms with Crippen LogP contribution in [0.25, 0.3) is 21.5 Å². The van der Waals surface area contributed by atoms with Crippen LogP contribution in [0.2, 0.25) is 0 Å². The van der Waals surface area contributed by atoms with Gasteiger partial charge in [-0.25, -0.2) is 9.78 Å². The Balaban J connectivity index is 2.03. The summed E-state index contributed by atoms with van der Waals surface area (Å²) in [5, 5.41) is 0.773. The minimum absolute atomic E-state index is 0.162. The van der Waals surface area contributed by atoms with E-state index in [2.05, 4.69) is 11.6 Å². The first-order valence-electron chi connectivity index (χ1n) is 6.73. The number of anilines is 1. The average molecular weight is 310 g/mol. The van der Waals surface area contributed by atoms with Crippen LogP contribution in [0.15, 0.2) is 55.1 Å². The summed E-state index contributed by atoms with van der Waals surface area (Å²) >= 11 is 1.25. The summed E-state index contributed by atoms with van der Waals surface area (Å²) in [5.41, 5.74) is 8.33. The molecule has 0 unspecified atom stereocenters. The molecule has 2 aromatic heterocycles. The summed E-state index contributed by atoms with van der Waals surface area (Å²) in [7, 11) is 0. The Morgan fingerprint density at radius 3 is 2.77 bits per heavy atom. The topological polar surface area (TPSA) is 65.2 Å². The van der Waals surface area contributed by atoms with Crippen LogP contribution in [-0.4, -0.2) is 17.6 Å². The smallest absolute Gasteiger partial charge is 0.350 e. The van der Waals surface area contributed by atoms with E-state index in [0.29, 0.717) is 10.6 Å². The van der Waals surface area contributed by atoms with Crippen LogP contribution >= 0.6 is 11.3 Å². The molecule has 4 nitrogen and oxygen atoms in total. The molecule has 0 fully saturated rings. The van der Waals surface area contributed by atoms with E-state index >= 15 is 0 Å². The van der Waals surface area contributed by atoms with E-state index in [1.807, 2.05) is 42.5 Å². The van der Waals surface area contributed by atoms with Crippen LogP contribution in [0, 0.1) is 0 Å². The zero-order valence-corrected chi connectivity index (χ0v) is 12.6. The van der Waals surface area contributed by atoms with Crippen molar-refractivity contribution in [2.45, 2.75) is 0 Å². The SMILES string of the molecule is C=CCOC(=O)c1sc2nc(-c3ccccc3)ccc2c1N. The van der Waals surface area contributed by atoms with Gasteiger partial charge in [0, 0.05) is 10.9 Å². The van der Waals surface area contributed by atoms with Crippen molar-refractivity contribution in [3.8, 4) is 11.3 Å². The van der Waals surface area contributed by atoms with E-state index in [9.17, 15) is 4.79 Å². The molecule has 0 bridgehead atoms. The van der Waals surface area contributed by atoms with Crippen LogP contribution < -0.4 is 5.73 Å². The number of benzene rings is 1. The fourth-order valence-electron chi connectivity index (χ4n) is 2.12. The van der Waals surface area contributed by atoms with Gasteiger partial charge in [0.15, 0.2) is 0 Å². The summed E-state index contributed by atoms with van der Waals surface area (Å²) in [6.07, 6.45) is 1.52. The molecule has 0 saturated carbocycles. The van der Waals surface area contributed by atoms with E-state index in [4.69, 9.17) is 10.5 Å². The third-order valence-electron chi connectivity index (χ3n) is 3.18. The number of ether oxygens (including phenoxy) is 1. The second-order valence-corrected chi connectivity index (χ2v) is 5.65. The Morgan fingerprint density at radius 1 is 1.27 bits per heavy atom. The lowest BCUT2D eigenvalue weighted by Crippen LogP contribution is -2.05. The fraction of sp³-hybridized carbons (Fsp3) is 0.0588. The number of nitrogen functional groups attached to an aromatic ring is 1. The molecule has 2 N–H and O–H groups in total. The first-order chi connectivity index (χ1) is 10.7. The number of hydrogen-bond acceptors (Lipinski definition) is 5. The van der Waals surface area contributed by atoms with Gasteiger partial charge >= 0.3 is 5.97 Å². The summed E-state index contributed by atoms with van der Waals surface area (Å²) in [6.45, 7) is 3.68. The van der Waals surface area contributed by atoms with Crippen molar-refractivity contribution in [2.75, 3.05) is 12.3 Å². The molecular formula is C17H14N2O2S. The predicted molar refractivity (Wildman–Crippen MR) is 89.9 cm³/mol. The highest BCUT2D eigenvalue weighted by molar-refractivity contribution is 7.21. The first kappa shape index (κ1) is 14.3. The summed E-state index contributed by atoms with van der Waals surface area (Å²) < 4.78 is 5.05. The second kappa shape index (κ2) is 5.99. The zero-order chi connectivity index (χ0) is 15.5. The van der Waals surface area contributed by atoms with E-state index in [1.165, 1.54) is 17.4 Å². The van der Waals surface area contributed by atoms with Crippen LogP contribution in [0.1, 0.15) is 9.67 Å². The molecule has 0 saturated heterocycles. The number of rotatable bonds is 4. The van der Waals surface area contributed by atoms with Gasteiger partial charge in [0.05, 0.1) is 11.4 Å². The second-order valence-electron chi connectivity index (χ2n) is 4.65. The first-order valence-corrected chi connectivity index (χ1v) is 7.55. The monoisotopic (exact) mass is 310 g/mol. The molecule has 0 aliphatic heterocycles. The van der Waals surface area contributed by atoms with Crippen molar-refractivity contribution < 1.29 is 9.53 Å². The van der Waals surface area contributed by atoms with E-state index in [1.54, 1.807) is 0 Å². The number of thiophene rings is 1.